The van der Waals surface area contributed by atoms with Crippen molar-refractivity contribution in [2.45, 2.75) is 26.2 Å². The third kappa shape index (κ3) is 4.31. The van der Waals surface area contributed by atoms with Gasteiger partial charge in [-0.05, 0) is 37.1 Å². The zero-order valence-corrected chi connectivity index (χ0v) is 13.6. The number of anilines is 1. The van der Waals surface area contributed by atoms with E-state index in [9.17, 15) is 14.4 Å². The Hall–Kier alpha value is -2.37. The minimum Gasteiger partial charge on any atom is -0.465 e. The molecule has 1 fully saturated rings. The minimum absolute atomic E-state index is 0.0833. The number of hydrogen-bond acceptors (Lipinski definition) is 4. The van der Waals surface area contributed by atoms with E-state index in [4.69, 9.17) is 0 Å². The molecule has 0 atom stereocenters. The number of benzene rings is 1. The maximum absolute atomic E-state index is 12.1. The number of rotatable bonds is 5. The van der Waals surface area contributed by atoms with Crippen LogP contribution >= 0.6 is 0 Å². The van der Waals surface area contributed by atoms with Crippen molar-refractivity contribution in [1.29, 1.82) is 0 Å². The summed E-state index contributed by atoms with van der Waals surface area (Å²) < 4.78 is 4.65. The molecule has 0 unspecified atom stereocenters. The Morgan fingerprint density at radius 2 is 1.74 bits per heavy atom. The van der Waals surface area contributed by atoms with Gasteiger partial charge in [-0.1, -0.05) is 0 Å². The second-order valence-corrected chi connectivity index (χ2v) is 5.55. The minimum atomic E-state index is -0.421. The first-order valence-electron chi connectivity index (χ1n) is 7.77. The molecule has 0 spiro atoms. The third-order valence-electron chi connectivity index (χ3n) is 3.99. The Labute approximate surface area is 136 Å². The van der Waals surface area contributed by atoms with Crippen LogP contribution in [-0.4, -0.2) is 49.4 Å². The molecule has 1 aliphatic rings. The van der Waals surface area contributed by atoms with Gasteiger partial charge in [0.05, 0.1) is 12.7 Å². The molecule has 1 saturated heterocycles. The molecule has 0 aliphatic carbocycles. The molecule has 0 radical (unpaired) electrons. The molecule has 124 valence electrons. The van der Waals surface area contributed by atoms with Gasteiger partial charge in [0, 0.05) is 38.7 Å². The highest BCUT2D eigenvalue weighted by atomic mass is 16.5. The number of nitrogens with zero attached hydrogens (tertiary/aromatic N) is 2. The van der Waals surface area contributed by atoms with Gasteiger partial charge in [0.15, 0.2) is 0 Å². The second kappa shape index (κ2) is 7.76. The van der Waals surface area contributed by atoms with Gasteiger partial charge in [0.2, 0.25) is 11.8 Å². The summed E-state index contributed by atoms with van der Waals surface area (Å²) in [5.74, 6) is -0.472. The lowest BCUT2D eigenvalue weighted by molar-refractivity contribution is -0.129. The van der Waals surface area contributed by atoms with Crippen LogP contribution < -0.4 is 4.90 Å². The van der Waals surface area contributed by atoms with Gasteiger partial charge in [-0.15, -0.1) is 0 Å². The van der Waals surface area contributed by atoms with Gasteiger partial charge in [0.1, 0.15) is 0 Å². The number of likely N-dealkylation sites (tertiary alicyclic amines) is 1. The van der Waals surface area contributed by atoms with Crippen molar-refractivity contribution in [3.63, 3.8) is 0 Å². The SMILES string of the molecule is COC(=O)c1ccc(N(CCC(=O)N2CCCC2)C(C)=O)cc1. The first kappa shape index (κ1) is 17.0. The lowest BCUT2D eigenvalue weighted by Gasteiger charge is -2.23. The van der Waals surface area contributed by atoms with E-state index < -0.39 is 5.97 Å². The molecule has 0 N–H and O–H groups in total. The molecule has 2 amide bonds. The van der Waals surface area contributed by atoms with E-state index in [-0.39, 0.29) is 11.8 Å². The van der Waals surface area contributed by atoms with Crippen LogP contribution in [0.3, 0.4) is 0 Å². The van der Waals surface area contributed by atoms with Crippen molar-refractivity contribution in [2.75, 3.05) is 31.6 Å². The molecule has 1 aliphatic heterocycles. The molecule has 1 aromatic rings. The molecule has 1 aromatic carbocycles. The Kier molecular flexibility index (Phi) is 5.73. The molecular weight excluding hydrogens is 296 g/mol. The summed E-state index contributed by atoms with van der Waals surface area (Å²) in [4.78, 5) is 38.8. The van der Waals surface area contributed by atoms with Gasteiger partial charge in [-0.25, -0.2) is 4.79 Å². The van der Waals surface area contributed by atoms with E-state index in [1.807, 2.05) is 4.90 Å². The zero-order chi connectivity index (χ0) is 16.8. The molecule has 6 heteroatoms. The van der Waals surface area contributed by atoms with Crippen molar-refractivity contribution in [3.05, 3.63) is 29.8 Å². The van der Waals surface area contributed by atoms with Crippen molar-refractivity contribution in [3.8, 4) is 0 Å². The molecule has 6 nitrogen and oxygen atoms in total. The van der Waals surface area contributed by atoms with Gasteiger partial charge >= 0.3 is 5.97 Å². The van der Waals surface area contributed by atoms with E-state index in [1.54, 1.807) is 29.2 Å². The predicted octanol–water partition coefficient (Wildman–Crippen LogP) is 1.84. The highest BCUT2D eigenvalue weighted by Gasteiger charge is 2.20. The second-order valence-electron chi connectivity index (χ2n) is 5.55. The molecular formula is C17H22N2O4. The fourth-order valence-corrected chi connectivity index (χ4v) is 2.70. The largest absolute Gasteiger partial charge is 0.465 e. The monoisotopic (exact) mass is 318 g/mol. The number of methoxy groups -OCH3 is 1. The Bertz CT molecular complexity index is 577. The topological polar surface area (TPSA) is 66.9 Å². The summed E-state index contributed by atoms with van der Waals surface area (Å²) in [6, 6.07) is 6.60. The summed E-state index contributed by atoms with van der Waals surface area (Å²) in [5.41, 5.74) is 1.09. The van der Waals surface area contributed by atoms with Gasteiger partial charge < -0.3 is 14.5 Å². The van der Waals surface area contributed by atoms with Crippen LogP contribution in [0.2, 0.25) is 0 Å². The fraction of sp³-hybridized carbons (Fsp3) is 0.471. The van der Waals surface area contributed by atoms with Crippen LogP contribution in [0.4, 0.5) is 5.69 Å². The smallest absolute Gasteiger partial charge is 0.337 e. The van der Waals surface area contributed by atoms with Crippen molar-refractivity contribution >= 4 is 23.5 Å². The molecule has 0 saturated carbocycles. The molecule has 2 rings (SSSR count). The summed E-state index contributed by atoms with van der Waals surface area (Å²) in [6.45, 7) is 3.43. The normalized spacial score (nSPS) is 13.7. The van der Waals surface area contributed by atoms with Crippen LogP contribution in [0, 0.1) is 0 Å². The number of amides is 2. The maximum Gasteiger partial charge on any atom is 0.337 e. The number of hydrogen-bond donors (Lipinski definition) is 0. The van der Waals surface area contributed by atoms with Crippen LogP contribution in [0.15, 0.2) is 24.3 Å². The van der Waals surface area contributed by atoms with E-state index >= 15 is 0 Å². The van der Waals surface area contributed by atoms with Crippen LogP contribution in [0.25, 0.3) is 0 Å². The van der Waals surface area contributed by atoms with Crippen LogP contribution in [-0.2, 0) is 14.3 Å². The number of ether oxygens (including phenoxy) is 1. The predicted molar refractivity (Wildman–Crippen MR) is 86.2 cm³/mol. The summed E-state index contributed by atoms with van der Waals surface area (Å²) in [7, 11) is 1.32. The van der Waals surface area contributed by atoms with Gasteiger partial charge in [-0.2, -0.15) is 0 Å². The Balaban J connectivity index is 2.01. The van der Waals surface area contributed by atoms with Gasteiger partial charge in [-0.3, -0.25) is 9.59 Å². The highest BCUT2D eigenvalue weighted by Crippen LogP contribution is 2.17. The van der Waals surface area contributed by atoms with Crippen LogP contribution in [0.1, 0.15) is 36.5 Å². The van der Waals surface area contributed by atoms with Gasteiger partial charge in [0.25, 0.3) is 0 Å². The summed E-state index contributed by atoms with van der Waals surface area (Å²) in [5, 5.41) is 0. The number of carbonyl (C=O) groups is 3. The first-order valence-corrected chi connectivity index (χ1v) is 7.77. The molecule has 23 heavy (non-hydrogen) atoms. The lowest BCUT2D eigenvalue weighted by Crippen LogP contribution is -2.35. The number of carbonyl (C=O) groups excluding carboxylic acids is 3. The first-order chi connectivity index (χ1) is 11.0. The average Bonchev–Trinajstić information content (AvgIpc) is 3.09. The molecule has 0 bridgehead atoms. The quantitative estimate of drug-likeness (QED) is 0.777. The van der Waals surface area contributed by atoms with E-state index in [0.29, 0.717) is 24.2 Å². The summed E-state index contributed by atoms with van der Waals surface area (Å²) >= 11 is 0. The highest BCUT2D eigenvalue weighted by molar-refractivity contribution is 5.94. The van der Waals surface area contributed by atoms with Crippen LogP contribution in [0.5, 0.6) is 0 Å². The summed E-state index contributed by atoms with van der Waals surface area (Å²) in [6.07, 6.45) is 2.41. The Morgan fingerprint density at radius 3 is 2.26 bits per heavy atom. The van der Waals surface area contributed by atoms with E-state index in [2.05, 4.69) is 4.74 Å². The van der Waals surface area contributed by atoms with E-state index in [0.717, 1.165) is 25.9 Å². The average molecular weight is 318 g/mol. The molecule has 1 heterocycles. The van der Waals surface area contributed by atoms with E-state index in [1.165, 1.54) is 14.0 Å². The standard InChI is InChI=1S/C17H22N2O4/c1-13(20)19(12-9-16(21)18-10-3-4-11-18)15-7-5-14(6-8-15)17(22)23-2/h5-8H,3-4,9-12H2,1-2H3. The van der Waals surface area contributed by atoms with Crippen molar-refractivity contribution in [1.82, 2.24) is 4.90 Å². The Morgan fingerprint density at radius 1 is 1.13 bits per heavy atom. The van der Waals surface area contributed by atoms with Crippen molar-refractivity contribution in [2.24, 2.45) is 0 Å². The lowest BCUT2D eigenvalue weighted by atomic mass is 10.2. The fourth-order valence-electron chi connectivity index (χ4n) is 2.70. The third-order valence-corrected chi connectivity index (χ3v) is 3.99. The zero-order valence-electron chi connectivity index (χ0n) is 13.6. The maximum atomic E-state index is 12.1. The van der Waals surface area contributed by atoms with Crippen molar-refractivity contribution < 1.29 is 19.1 Å². The molecule has 0 aromatic heterocycles. The number of esters is 1.